The SMILES string of the molecule is CC(C)N=C(N)N1CCC2(CCCCC2)CC1. The first-order chi connectivity index (χ1) is 8.11. The van der Waals surface area contributed by atoms with E-state index < -0.39 is 0 Å². The average Bonchev–Trinajstić information content (AvgIpc) is 2.30. The summed E-state index contributed by atoms with van der Waals surface area (Å²) in [5.41, 5.74) is 6.70. The van der Waals surface area contributed by atoms with Gasteiger partial charge in [0, 0.05) is 19.1 Å². The number of likely N-dealkylation sites (tertiary alicyclic amines) is 1. The maximum Gasteiger partial charge on any atom is 0.191 e. The molecule has 17 heavy (non-hydrogen) atoms. The molecule has 3 nitrogen and oxygen atoms in total. The van der Waals surface area contributed by atoms with Gasteiger partial charge >= 0.3 is 0 Å². The zero-order chi connectivity index (χ0) is 12.3. The molecule has 0 aromatic rings. The Morgan fingerprint density at radius 3 is 2.18 bits per heavy atom. The highest BCUT2D eigenvalue weighted by Crippen LogP contribution is 2.44. The fourth-order valence-electron chi connectivity index (χ4n) is 3.36. The quantitative estimate of drug-likeness (QED) is 0.563. The Kier molecular flexibility index (Phi) is 3.95. The van der Waals surface area contributed by atoms with E-state index in [1.807, 2.05) is 0 Å². The molecule has 0 radical (unpaired) electrons. The van der Waals surface area contributed by atoms with Gasteiger partial charge < -0.3 is 10.6 Å². The lowest BCUT2D eigenvalue weighted by Crippen LogP contribution is -2.47. The van der Waals surface area contributed by atoms with Crippen LogP contribution in [-0.4, -0.2) is 30.0 Å². The minimum absolute atomic E-state index is 0.306. The van der Waals surface area contributed by atoms with E-state index in [2.05, 4.69) is 23.7 Å². The van der Waals surface area contributed by atoms with Crippen LogP contribution in [0.25, 0.3) is 0 Å². The molecule has 2 N–H and O–H groups in total. The Balaban J connectivity index is 1.89. The summed E-state index contributed by atoms with van der Waals surface area (Å²) >= 11 is 0. The highest BCUT2D eigenvalue weighted by molar-refractivity contribution is 5.78. The fourth-order valence-corrected chi connectivity index (χ4v) is 3.36. The Bertz CT molecular complexity index is 267. The molecule has 0 unspecified atom stereocenters. The minimum atomic E-state index is 0.306. The zero-order valence-corrected chi connectivity index (χ0v) is 11.4. The first kappa shape index (κ1) is 12.7. The van der Waals surface area contributed by atoms with Crippen LogP contribution in [0.5, 0.6) is 0 Å². The zero-order valence-electron chi connectivity index (χ0n) is 11.4. The predicted octanol–water partition coefficient (Wildman–Crippen LogP) is 2.76. The van der Waals surface area contributed by atoms with Gasteiger partial charge in [0.15, 0.2) is 5.96 Å². The molecule has 2 rings (SSSR count). The van der Waals surface area contributed by atoms with Gasteiger partial charge in [0.25, 0.3) is 0 Å². The number of hydrogen-bond donors (Lipinski definition) is 1. The summed E-state index contributed by atoms with van der Waals surface area (Å²) in [6.07, 6.45) is 9.86. The smallest absolute Gasteiger partial charge is 0.191 e. The van der Waals surface area contributed by atoms with Gasteiger partial charge in [-0.2, -0.15) is 0 Å². The molecule has 0 bridgehead atoms. The summed E-state index contributed by atoms with van der Waals surface area (Å²) in [4.78, 5) is 6.73. The number of guanidine groups is 1. The van der Waals surface area contributed by atoms with Crippen LogP contribution in [-0.2, 0) is 0 Å². The molecular formula is C14H27N3. The largest absolute Gasteiger partial charge is 0.370 e. The first-order valence-corrected chi connectivity index (χ1v) is 7.20. The molecule has 98 valence electrons. The molecule has 0 atom stereocenters. The third-order valence-electron chi connectivity index (χ3n) is 4.45. The van der Waals surface area contributed by atoms with Crippen molar-refractivity contribution >= 4 is 5.96 Å². The van der Waals surface area contributed by atoms with E-state index in [0.717, 1.165) is 19.0 Å². The second kappa shape index (κ2) is 5.28. The van der Waals surface area contributed by atoms with E-state index in [1.54, 1.807) is 0 Å². The molecule has 1 heterocycles. The van der Waals surface area contributed by atoms with Gasteiger partial charge in [-0.3, -0.25) is 4.99 Å². The van der Waals surface area contributed by atoms with Gasteiger partial charge in [0.1, 0.15) is 0 Å². The summed E-state index contributed by atoms with van der Waals surface area (Å²) in [7, 11) is 0. The average molecular weight is 237 g/mol. The predicted molar refractivity (Wildman–Crippen MR) is 73.1 cm³/mol. The van der Waals surface area contributed by atoms with E-state index in [4.69, 9.17) is 5.73 Å². The van der Waals surface area contributed by atoms with Crippen LogP contribution in [0.15, 0.2) is 4.99 Å². The fraction of sp³-hybridized carbons (Fsp3) is 0.929. The number of nitrogens with two attached hydrogens (primary N) is 1. The van der Waals surface area contributed by atoms with Gasteiger partial charge in [-0.05, 0) is 44.9 Å². The minimum Gasteiger partial charge on any atom is -0.370 e. The summed E-state index contributed by atoms with van der Waals surface area (Å²) in [5.74, 6) is 0.755. The lowest BCUT2D eigenvalue weighted by Gasteiger charge is -2.44. The molecule has 2 fully saturated rings. The first-order valence-electron chi connectivity index (χ1n) is 7.20. The molecule has 3 heteroatoms. The van der Waals surface area contributed by atoms with Crippen molar-refractivity contribution in [3.05, 3.63) is 0 Å². The third-order valence-corrected chi connectivity index (χ3v) is 4.45. The Morgan fingerprint density at radius 1 is 1.06 bits per heavy atom. The molecule has 2 aliphatic rings. The molecule has 0 amide bonds. The highest BCUT2D eigenvalue weighted by Gasteiger charge is 2.35. The lowest BCUT2D eigenvalue weighted by molar-refractivity contribution is 0.0971. The van der Waals surface area contributed by atoms with Crippen LogP contribution in [0.3, 0.4) is 0 Å². The van der Waals surface area contributed by atoms with Crippen molar-refractivity contribution in [2.75, 3.05) is 13.1 Å². The summed E-state index contributed by atoms with van der Waals surface area (Å²) in [5, 5.41) is 0. The van der Waals surface area contributed by atoms with Gasteiger partial charge in [-0.1, -0.05) is 19.3 Å². The van der Waals surface area contributed by atoms with Gasteiger partial charge in [-0.25, -0.2) is 0 Å². The lowest BCUT2D eigenvalue weighted by atomic mass is 9.68. The van der Waals surface area contributed by atoms with Crippen molar-refractivity contribution in [2.45, 2.75) is 64.8 Å². The summed E-state index contributed by atoms with van der Waals surface area (Å²) < 4.78 is 0. The topological polar surface area (TPSA) is 41.6 Å². The van der Waals surface area contributed by atoms with E-state index in [0.29, 0.717) is 11.5 Å². The molecule has 1 aliphatic carbocycles. The summed E-state index contributed by atoms with van der Waals surface area (Å²) in [6.45, 7) is 6.39. The third kappa shape index (κ3) is 3.14. The van der Waals surface area contributed by atoms with E-state index in [9.17, 15) is 0 Å². The van der Waals surface area contributed by atoms with Crippen LogP contribution < -0.4 is 5.73 Å². The van der Waals surface area contributed by atoms with Crippen LogP contribution in [0, 0.1) is 5.41 Å². The maximum atomic E-state index is 6.04. The molecule has 0 aromatic heterocycles. The summed E-state index contributed by atoms with van der Waals surface area (Å²) in [6, 6.07) is 0.306. The van der Waals surface area contributed by atoms with Crippen molar-refractivity contribution in [3.63, 3.8) is 0 Å². The van der Waals surface area contributed by atoms with Crippen LogP contribution in [0.1, 0.15) is 58.8 Å². The number of nitrogens with zero attached hydrogens (tertiary/aromatic N) is 2. The molecule has 1 saturated heterocycles. The Morgan fingerprint density at radius 2 is 1.65 bits per heavy atom. The Hall–Kier alpha value is -0.730. The molecule has 1 spiro atoms. The number of aliphatic imine (C=N–C) groups is 1. The molecule has 1 aliphatic heterocycles. The van der Waals surface area contributed by atoms with Crippen LogP contribution >= 0.6 is 0 Å². The Labute approximate surface area is 105 Å². The van der Waals surface area contributed by atoms with E-state index in [1.165, 1.54) is 44.9 Å². The van der Waals surface area contributed by atoms with E-state index in [-0.39, 0.29) is 0 Å². The van der Waals surface area contributed by atoms with Gasteiger partial charge in [-0.15, -0.1) is 0 Å². The number of rotatable bonds is 1. The standard InChI is InChI=1S/C14H27N3/c1-12(2)16-13(15)17-10-8-14(9-11-17)6-4-3-5-7-14/h12H,3-11H2,1-2H3,(H2,15,16). The van der Waals surface area contributed by atoms with Crippen molar-refractivity contribution in [3.8, 4) is 0 Å². The highest BCUT2D eigenvalue weighted by atomic mass is 15.3. The second-order valence-corrected chi connectivity index (χ2v) is 6.13. The van der Waals surface area contributed by atoms with Gasteiger partial charge in [0.05, 0.1) is 0 Å². The number of piperidine rings is 1. The van der Waals surface area contributed by atoms with Crippen molar-refractivity contribution in [2.24, 2.45) is 16.1 Å². The maximum absolute atomic E-state index is 6.04. The molecule has 1 saturated carbocycles. The molecule has 0 aromatic carbocycles. The number of hydrogen-bond acceptors (Lipinski definition) is 1. The second-order valence-electron chi connectivity index (χ2n) is 6.13. The molecular weight excluding hydrogens is 210 g/mol. The normalized spacial score (nSPS) is 25.6. The van der Waals surface area contributed by atoms with Crippen LogP contribution in [0.4, 0.5) is 0 Å². The van der Waals surface area contributed by atoms with Crippen molar-refractivity contribution in [1.29, 1.82) is 0 Å². The van der Waals surface area contributed by atoms with Gasteiger partial charge in [0.2, 0.25) is 0 Å². The van der Waals surface area contributed by atoms with Crippen molar-refractivity contribution < 1.29 is 0 Å². The monoisotopic (exact) mass is 237 g/mol. The van der Waals surface area contributed by atoms with Crippen LogP contribution in [0.2, 0.25) is 0 Å². The van der Waals surface area contributed by atoms with E-state index >= 15 is 0 Å². The van der Waals surface area contributed by atoms with Crippen molar-refractivity contribution in [1.82, 2.24) is 4.90 Å².